The molecular formula is C18H23BrN2O3. The Labute approximate surface area is 150 Å². The molecule has 1 heterocycles. The Hall–Kier alpha value is -1.82. The van der Waals surface area contributed by atoms with E-state index in [-0.39, 0.29) is 5.91 Å². The van der Waals surface area contributed by atoms with E-state index >= 15 is 0 Å². The van der Waals surface area contributed by atoms with Crippen LogP contribution in [0.5, 0.6) is 0 Å². The largest absolute Gasteiger partial charge is 0.443 e. The Morgan fingerprint density at radius 2 is 1.92 bits per heavy atom. The minimum atomic E-state index is -0.569. The third-order valence-electron chi connectivity index (χ3n) is 3.54. The van der Waals surface area contributed by atoms with Crippen molar-refractivity contribution >= 4 is 38.8 Å². The molecule has 0 radical (unpaired) electrons. The molecule has 130 valence electrons. The molecule has 0 fully saturated rings. The number of nitrogens with zero attached hydrogens (tertiary/aromatic N) is 2. The lowest BCUT2D eigenvalue weighted by Gasteiger charge is -2.19. The van der Waals surface area contributed by atoms with Crippen molar-refractivity contribution in [2.75, 3.05) is 14.1 Å². The van der Waals surface area contributed by atoms with Crippen molar-refractivity contribution in [2.45, 2.75) is 38.1 Å². The minimum absolute atomic E-state index is 0.0189. The van der Waals surface area contributed by atoms with Crippen LogP contribution in [0.25, 0.3) is 10.9 Å². The molecule has 2 aromatic rings. The summed E-state index contributed by atoms with van der Waals surface area (Å²) in [7, 11) is 3.46. The fourth-order valence-corrected chi connectivity index (χ4v) is 2.80. The fraction of sp³-hybridized carbons (Fsp3) is 0.444. The Kier molecular flexibility index (Phi) is 5.38. The van der Waals surface area contributed by atoms with Gasteiger partial charge in [-0.25, -0.2) is 4.79 Å². The number of ether oxygens (including phenoxy) is 1. The minimum Gasteiger partial charge on any atom is -0.443 e. The number of rotatable bonds is 3. The van der Waals surface area contributed by atoms with Crippen LogP contribution in [-0.4, -0.2) is 41.2 Å². The average Bonchev–Trinajstić information content (AvgIpc) is 2.83. The molecule has 0 saturated heterocycles. The van der Waals surface area contributed by atoms with Gasteiger partial charge in [0.25, 0.3) is 0 Å². The summed E-state index contributed by atoms with van der Waals surface area (Å²) in [6.45, 7) is 5.51. The number of benzene rings is 1. The van der Waals surface area contributed by atoms with Gasteiger partial charge in [-0.2, -0.15) is 0 Å². The van der Waals surface area contributed by atoms with Crippen molar-refractivity contribution in [2.24, 2.45) is 0 Å². The van der Waals surface area contributed by atoms with Gasteiger partial charge in [0.2, 0.25) is 5.91 Å². The van der Waals surface area contributed by atoms with E-state index in [0.717, 1.165) is 22.0 Å². The van der Waals surface area contributed by atoms with Gasteiger partial charge < -0.3 is 9.64 Å². The molecule has 0 saturated carbocycles. The summed E-state index contributed by atoms with van der Waals surface area (Å²) in [5.41, 5.74) is 2.05. The lowest BCUT2D eigenvalue weighted by molar-refractivity contribution is -0.127. The predicted octanol–water partition coefficient (Wildman–Crippen LogP) is 3.95. The highest BCUT2D eigenvalue weighted by molar-refractivity contribution is 9.08. The van der Waals surface area contributed by atoms with Crippen LogP contribution in [0.3, 0.4) is 0 Å². The normalized spacial score (nSPS) is 11.6. The Morgan fingerprint density at radius 3 is 2.46 bits per heavy atom. The molecule has 1 aromatic heterocycles. The number of carbonyl (C=O) groups is 2. The van der Waals surface area contributed by atoms with Gasteiger partial charge in [-0.3, -0.25) is 9.36 Å². The molecule has 0 aliphatic heterocycles. The van der Waals surface area contributed by atoms with Crippen molar-refractivity contribution in [1.82, 2.24) is 9.47 Å². The highest BCUT2D eigenvalue weighted by Gasteiger charge is 2.21. The first-order valence-corrected chi connectivity index (χ1v) is 8.87. The molecular weight excluding hydrogens is 372 g/mol. The van der Waals surface area contributed by atoms with E-state index in [9.17, 15) is 9.59 Å². The highest BCUT2D eigenvalue weighted by atomic mass is 79.9. The van der Waals surface area contributed by atoms with E-state index < -0.39 is 11.7 Å². The van der Waals surface area contributed by atoms with Crippen LogP contribution in [0, 0.1) is 0 Å². The molecule has 24 heavy (non-hydrogen) atoms. The SMILES string of the molecule is CN(C)C(=O)Cc1ccc2c(CBr)cn(C(=O)OC(C)(C)C)c2c1. The smallest absolute Gasteiger partial charge is 0.419 e. The van der Waals surface area contributed by atoms with Gasteiger partial charge in [0.05, 0.1) is 11.9 Å². The van der Waals surface area contributed by atoms with Gasteiger partial charge in [0, 0.05) is 31.0 Å². The third kappa shape index (κ3) is 4.17. The fourth-order valence-electron chi connectivity index (χ4n) is 2.35. The molecule has 0 unspecified atom stereocenters. The third-order valence-corrected chi connectivity index (χ3v) is 4.14. The number of alkyl halides is 1. The standard InChI is InChI=1S/C18H23BrN2O3/c1-18(2,3)24-17(23)21-11-13(10-19)14-7-6-12(8-15(14)21)9-16(22)20(4)5/h6-8,11H,9-10H2,1-5H3. The maximum absolute atomic E-state index is 12.5. The summed E-state index contributed by atoms with van der Waals surface area (Å²) in [4.78, 5) is 26.0. The summed E-state index contributed by atoms with van der Waals surface area (Å²) in [5, 5.41) is 1.61. The summed E-state index contributed by atoms with van der Waals surface area (Å²) in [6.07, 6.45) is 1.66. The van der Waals surface area contributed by atoms with Crippen LogP contribution >= 0.6 is 15.9 Å². The molecule has 0 aliphatic rings. The van der Waals surface area contributed by atoms with Crippen molar-refractivity contribution in [3.8, 4) is 0 Å². The lowest BCUT2D eigenvalue weighted by Crippen LogP contribution is -2.26. The number of amides is 1. The van der Waals surface area contributed by atoms with Gasteiger partial charge >= 0.3 is 6.09 Å². The van der Waals surface area contributed by atoms with Crippen LogP contribution in [0.2, 0.25) is 0 Å². The lowest BCUT2D eigenvalue weighted by atomic mass is 10.1. The zero-order valence-corrected chi connectivity index (χ0v) is 16.3. The van der Waals surface area contributed by atoms with E-state index in [1.165, 1.54) is 4.57 Å². The molecule has 2 rings (SSSR count). The first-order valence-electron chi connectivity index (χ1n) is 7.74. The van der Waals surface area contributed by atoms with Crippen LogP contribution in [-0.2, 0) is 21.3 Å². The first-order chi connectivity index (χ1) is 11.1. The van der Waals surface area contributed by atoms with Crippen LogP contribution in [0.4, 0.5) is 4.79 Å². The number of carbonyl (C=O) groups excluding carboxylic acids is 2. The number of hydrogen-bond donors (Lipinski definition) is 0. The van der Waals surface area contributed by atoms with Crippen molar-refractivity contribution in [3.05, 3.63) is 35.5 Å². The molecule has 6 heteroatoms. The van der Waals surface area contributed by atoms with E-state index in [1.54, 1.807) is 25.2 Å². The molecule has 0 atom stereocenters. The number of halogens is 1. The zero-order chi connectivity index (χ0) is 18.1. The molecule has 1 aromatic carbocycles. The van der Waals surface area contributed by atoms with Crippen LogP contribution < -0.4 is 0 Å². The molecule has 1 amide bonds. The van der Waals surface area contributed by atoms with Gasteiger partial charge in [-0.1, -0.05) is 28.1 Å². The van der Waals surface area contributed by atoms with E-state index in [1.807, 2.05) is 39.0 Å². The van der Waals surface area contributed by atoms with Gasteiger partial charge in [0.15, 0.2) is 0 Å². The van der Waals surface area contributed by atoms with Gasteiger partial charge in [0.1, 0.15) is 5.60 Å². The highest BCUT2D eigenvalue weighted by Crippen LogP contribution is 2.26. The summed E-state index contributed by atoms with van der Waals surface area (Å²) in [6, 6.07) is 5.76. The Morgan fingerprint density at radius 1 is 1.25 bits per heavy atom. The van der Waals surface area contributed by atoms with E-state index in [2.05, 4.69) is 15.9 Å². The topological polar surface area (TPSA) is 51.5 Å². The number of hydrogen-bond acceptors (Lipinski definition) is 3. The Bertz CT molecular complexity index is 772. The summed E-state index contributed by atoms with van der Waals surface area (Å²) >= 11 is 3.45. The first kappa shape index (κ1) is 18.5. The predicted molar refractivity (Wildman–Crippen MR) is 98.6 cm³/mol. The average molecular weight is 395 g/mol. The molecule has 0 spiro atoms. The summed E-state index contributed by atoms with van der Waals surface area (Å²) < 4.78 is 7.00. The van der Waals surface area contributed by atoms with E-state index in [0.29, 0.717) is 11.8 Å². The quantitative estimate of drug-likeness (QED) is 0.740. The number of aromatic nitrogens is 1. The molecule has 5 nitrogen and oxygen atoms in total. The summed E-state index contributed by atoms with van der Waals surface area (Å²) in [5.74, 6) is 0.0189. The van der Waals surface area contributed by atoms with Gasteiger partial charge in [-0.05, 0) is 38.0 Å². The molecule has 0 bridgehead atoms. The van der Waals surface area contributed by atoms with E-state index in [4.69, 9.17) is 4.74 Å². The second-order valence-corrected chi connectivity index (χ2v) is 7.52. The Balaban J connectivity index is 2.47. The number of fused-ring (bicyclic) bond motifs is 1. The van der Waals surface area contributed by atoms with Gasteiger partial charge in [-0.15, -0.1) is 0 Å². The van der Waals surface area contributed by atoms with Crippen LogP contribution in [0.15, 0.2) is 24.4 Å². The van der Waals surface area contributed by atoms with Crippen molar-refractivity contribution in [1.29, 1.82) is 0 Å². The van der Waals surface area contributed by atoms with Crippen molar-refractivity contribution in [3.63, 3.8) is 0 Å². The molecule has 0 aliphatic carbocycles. The maximum atomic E-state index is 12.5. The zero-order valence-electron chi connectivity index (χ0n) is 14.7. The monoisotopic (exact) mass is 394 g/mol. The molecule has 0 N–H and O–H groups in total. The van der Waals surface area contributed by atoms with Crippen LogP contribution in [0.1, 0.15) is 31.9 Å². The van der Waals surface area contributed by atoms with Crippen molar-refractivity contribution < 1.29 is 14.3 Å². The number of likely N-dealkylation sites (N-methyl/N-ethyl adjacent to an activating group) is 1. The second kappa shape index (κ2) is 6.97. The second-order valence-electron chi connectivity index (χ2n) is 6.95. The maximum Gasteiger partial charge on any atom is 0.419 e.